The normalized spacial score (nSPS) is 11.3. The van der Waals surface area contributed by atoms with Gasteiger partial charge in [-0.05, 0) is 108 Å². The molecule has 0 fully saturated rings. The van der Waals surface area contributed by atoms with Crippen LogP contribution in [0.4, 0.5) is 0 Å². The lowest BCUT2D eigenvalue weighted by Gasteiger charge is -2.12. The van der Waals surface area contributed by atoms with E-state index in [9.17, 15) is 0 Å². The summed E-state index contributed by atoms with van der Waals surface area (Å²) in [5, 5.41) is 20.6. The molecular formula is C38H48O2. The monoisotopic (exact) mass is 536 g/mol. The van der Waals surface area contributed by atoms with Gasteiger partial charge in [-0.2, -0.15) is 0 Å². The molecular weight excluding hydrogens is 488 g/mol. The summed E-state index contributed by atoms with van der Waals surface area (Å²) in [6, 6.07) is 32.1. The summed E-state index contributed by atoms with van der Waals surface area (Å²) in [5.41, 5.74) is 8.54. The highest BCUT2D eigenvalue weighted by molar-refractivity contribution is 5.88. The van der Waals surface area contributed by atoms with Gasteiger partial charge < -0.3 is 10.2 Å². The lowest BCUT2D eigenvalue weighted by Crippen LogP contribution is -1.98. The van der Waals surface area contributed by atoms with Crippen molar-refractivity contribution in [1.82, 2.24) is 0 Å². The number of benzene rings is 4. The lowest BCUT2D eigenvalue weighted by atomic mass is 9.92. The summed E-state index contributed by atoms with van der Waals surface area (Å²) in [6.45, 7) is 0.630. The van der Waals surface area contributed by atoms with E-state index in [1.54, 1.807) is 0 Å². The average molecular weight is 537 g/mol. The summed E-state index contributed by atoms with van der Waals surface area (Å²) in [4.78, 5) is 0. The average Bonchev–Trinajstić information content (AvgIpc) is 3.00. The predicted molar refractivity (Wildman–Crippen MR) is 170 cm³/mol. The zero-order chi connectivity index (χ0) is 27.8. The van der Waals surface area contributed by atoms with Gasteiger partial charge in [0.1, 0.15) is 0 Å². The van der Waals surface area contributed by atoms with E-state index in [1.807, 2.05) is 0 Å². The molecule has 0 heterocycles. The number of aliphatic hydroxyl groups excluding tert-OH is 2. The van der Waals surface area contributed by atoms with E-state index >= 15 is 0 Å². The Morgan fingerprint density at radius 2 is 0.675 bits per heavy atom. The number of aliphatic hydroxyl groups is 2. The van der Waals surface area contributed by atoms with Crippen LogP contribution in [0.2, 0.25) is 0 Å². The molecule has 0 atom stereocenters. The molecule has 4 aromatic carbocycles. The molecule has 0 spiro atoms. The van der Waals surface area contributed by atoms with Crippen molar-refractivity contribution in [2.24, 2.45) is 0 Å². The van der Waals surface area contributed by atoms with Crippen molar-refractivity contribution in [3.05, 3.63) is 118 Å². The van der Waals surface area contributed by atoms with E-state index in [1.165, 1.54) is 69.8 Å². The lowest BCUT2D eigenvalue weighted by molar-refractivity contribution is 0.282. The van der Waals surface area contributed by atoms with Crippen LogP contribution in [0.5, 0.6) is 0 Å². The van der Waals surface area contributed by atoms with Gasteiger partial charge in [0, 0.05) is 13.2 Å². The van der Waals surface area contributed by atoms with Gasteiger partial charge in [0.05, 0.1) is 0 Å². The second-order valence-corrected chi connectivity index (χ2v) is 11.3. The van der Waals surface area contributed by atoms with Crippen molar-refractivity contribution >= 4 is 10.8 Å². The zero-order valence-electron chi connectivity index (χ0n) is 24.3. The molecule has 2 N–H and O–H groups in total. The minimum Gasteiger partial charge on any atom is -0.396 e. The minimum atomic E-state index is 0.315. The van der Waals surface area contributed by atoms with Gasteiger partial charge in [-0.1, -0.05) is 111 Å². The fraction of sp³-hybridized carbons (Fsp3) is 0.421. The summed E-state index contributed by atoms with van der Waals surface area (Å²) in [6.07, 6.45) is 15.4. The second-order valence-electron chi connectivity index (χ2n) is 11.3. The Kier molecular flexibility index (Phi) is 12.8. The minimum absolute atomic E-state index is 0.315. The third kappa shape index (κ3) is 9.61. The Balaban J connectivity index is 1.29. The third-order valence-electron chi connectivity index (χ3n) is 8.26. The van der Waals surface area contributed by atoms with E-state index in [4.69, 9.17) is 10.2 Å². The smallest absolute Gasteiger partial charge is 0.0431 e. The molecule has 0 aliphatic heterocycles. The summed E-state index contributed by atoms with van der Waals surface area (Å²) < 4.78 is 0. The van der Waals surface area contributed by atoms with Crippen LogP contribution in [-0.4, -0.2) is 23.4 Å². The first-order valence-electron chi connectivity index (χ1n) is 15.6. The SMILES string of the molecule is OCCCCCCc1ccc(CCc2ccc(CCc3ccc(CCCCCCO)cc3)c3ccccc23)cc1. The largest absolute Gasteiger partial charge is 0.396 e. The molecule has 4 rings (SSSR count). The van der Waals surface area contributed by atoms with E-state index in [0.717, 1.165) is 64.2 Å². The first kappa shape index (κ1) is 30.0. The fourth-order valence-electron chi connectivity index (χ4n) is 5.75. The molecule has 0 saturated heterocycles. The second kappa shape index (κ2) is 17.0. The maximum atomic E-state index is 8.92. The van der Waals surface area contributed by atoms with Crippen molar-refractivity contribution < 1.29 is 10.2 Å². The van der Waals surface area contributed by atoms with Crippen molar-refractivity contribution in [3.63, 3.8) is 0 Å². The number of aryl methyl sites for hydroxylation is 6. The molecule has 0 aliphatic rings. The highest BCUT2D eigenvalue weighted by Gasteiger charge is 2.07. The van der Waals surface area contributed by atoms with Crippen molar-refractivity contribution in [2.75, 3.05) is 13.2 Å². The fourth-order valence-corrected chi connectivity index (χ4v) is 5.75. The molecule has 2 nitrogen and oxygen atoms in total. The van der Waals surface area contributed by atoms with E-state index in [0.29, 0.717) is 13.2 Å². The molecule has 0 unspecified atom stereocenters. The van der Waals surface area contributed by atoms with Crippen LogP contribution in [0.15, 0.2) is 84.9 Å². The van der Waals surface area contributed by atoms with Crippen LogP contribution in [0.1, 0.15) is 84.7 Å². The van der Waals surface area contributed by atoms with Crippen LogP contribution in [0.25, 0.3) is 10.8 Å². The molecule has 0 aliphatic carbocycles. The molecule has 0 amide bonds. The first-order valence-corrected chi connectivity index (χ1v) is 15.6. The van der Waals surface area contributed by atoms with Crippen molar-refractivity contribution in [3.8, 4) is 0 Å². The van der Waals surface area contributed by atoms with E-state index < -0.39 is 0 Å². The Bertz CT molecular complexity index is 1160. The van der Waals surface area contributed by atoms with Crippen molar-refractivity contribution in [1.29, 1.82) is 0 Å². The highest BCUT2D eigenvalue weighted by atomic mass is 16.3. The number of rotatable bonds is 18. The van der Waals surface area contributed by atoms with Gasteiger partial charge in [0.25, 0.3) is 0 Å². The Morgan fingerprint density at radius 1 is 0.325 bits per heavy atom. The standard InChI is InChI=1S/C38H48O2/c39-29-9-3-1-5-11-31-15-19-33(20-16-31)23-25-35-27-28-36(38-14-8-7-13-37(35)38)26-24-34-21-17-32(18-22-34)12-6-2-4-10-30-40/h7-8,13-22,27-28,39-40H,1-6,9-12,23-26,29-30H2. The third-order valence-corrected chi connectivity index (χ3v) is 8.26. The van der Waals surface area contributed by atoms with Crippen LogP contribution < -0.4 is 0 Å². The Morgan fingerprint density at radius 3 is 1.05 bits per heavy atom. The van der Waals surface area contributed by atoms with Gasteiger partial charge >= 0.3 is 0 Å². The van der Waals surface area contributed by atoms with Gasteiger partial charge in [-0.25, -0.2) is 0 Å². The first-order chi connectivity index (χ1) is 19.8. The van der Waals surface area contributed by atoms with Gasteiger partial charge in [0.15, 0.2) is 0 Å². The van der Waals surface area contributed by atoms with Gasteiger partial charge in [0.2, 0.25) is 0 Å². The van der Waals surface area contributed by atoms with Gasteiger partial charge in [-0.3, -0.25) is 0 Å². The van der Waals surface area contributed by atoms with Crippen LogP contribution >= 0.6 is 0 Å². The molecule has 0 aromatic heterocycles. The van der Waals surface area contributed by atoms with Crippen LogP contribution in [0, 0.1) is 0 Å². The summed E-state index contributed by atoms with van der Waals surface area (Å²) in [7, 11) is 0. The Labute approximate surface area is 242 Å². The molecule has 4 aromatic rings. The maximum absolute atomic E-state index is 8.92. The molecule has 0 radical (unpaired) electrons. The highest BCUT2D eigenvalue weighted by Crippen LogP contribution is 2.26. The number of hydrogen-bond acceptors (Lipinski definition) is 2. The number of unbranched alkanes of at least 4 members (excludes halogenated alkanes) is 6. The van der Waals surface area contributed by atoms with Crippen molar-refractivity contribution in [2.45, 2.75) is 89.9 Å². The number of hydrogen-bond donors (Lipinski definition) is 2. The van der Waals surface area contributed by atoms with E-state index in [-0.39, 0.29) is 0 Å². The zero-order valence-corrected chi connectivity index (χ0v) is 24.3. The molecule has 40 heavy (non-hydrogen) atoms. The summed E-state index contributed by atoms with van der Waals surface area (Å²) >= 11 is 0. The summed E-state index contributed by atoms with van der Waals surface area (Å²) in [5.74, 6) is 0. The molecule has 212 valence electrons. The number of fused-ring (bicyclic) bond motifs is 1. The molecule has 0 bridgehead atoms. The van der Waals surface area contributed by atoms with Crippen LogP contribution in [-0.2, 0) is 38.5 Å². The quantitative estimate of drug-likeness (QED) is 0.125. The molecule has 0 saturated carbocycles. The topological polar surface area (TPSA) is 40.5 Å². The Hall–Kier alpha value is -2.94. The maximum Gasteiger partial charge on any atom is 0.0431 e. The van der Waals surface area contributed by atoms with E-state index in [2.05, 4.69) is 84.9 Å². The van der Waals surface area contributed by atoms with Crippen LogP contribution in [0.3, 0.4) is 0 Å². The molecule has 2 heteroatoms. The van der Waals surface area contributed by atoms with Gasteiger partial charge in [-0.15, -0.1) is 0 Å². The predicted octanol–water partition coefficient (Wildman–Crippen LogP) is 8.60.